The van der Waals surface area contributed by atoms with Gasteiger partial charge in [-0.3, -0.25) is 9.69 Å². The van der Waals surface area contributed by atoms with Crippen molar-refractivity contribution >= 4 is 11.6 Å². The first-order chi connectivity index (χ1) is 15.7. The Labute approximate surface area is 189 Å². The summed E-state index contributed by atoms with van der Waals surface area (Å²) in [5.74, 6) is -0.0786. The van der Waals surface area contributed by atoms with E-state index in [0.29, 0.717) is 12.1 Å². The zero-order chi connectivity index (χ0) is 22.2. The monoisotopic (exact) mass is 424 g/mol. The first-order valence-electron chi connectivity index (χ1n) is 11.1. The quantitative estimate of drug-likeness (QED) is 0.557. The van der Waals surface area contributed by atoms with Gasteiger partial charge in [-0.1, -0.05) is 48.5 Å². The van der Waals surface area contributed by atoms with Gasteiger partial charge in [0.25, 0.3) is 0 Å². The van der Waals surface area contributed by atoms with Crippen LogP contribution in [-0.4, -0.2) is 30.4 Å². The fraction of sp³-hybridized carbons (Fsp3) is 0.259. The van der Waals surface area contributed by atoms with Crippen LogP contribution in [0.15, 0.2) is 72.8 Å². The maximum Gasteiger partial charge on any atom is 0.239 e. The highest BCUT2D eigenvalue weighted by Gasteiger charge is 2.12. The average molecular weight is 425 g/mol. The summed E-state index contributed by atoms with van der Waals surface area (Å²) in [6.07, 6.45) is 2.61. The molecule has 3 aromatic rings. The second-order valence-electron chi connectivity index (χ2n) is 8.16. The molecule has 1 aliphatic rings. The lowest BCUT2D eigenvalue weighted by Crippen LogP contribution is -2.29. The number of nitrogens with one attached hydrogen (secondary N) is 2. The molecular weight excluding hydrogens is 396 g/mol. The van der Waals surface area contributed by atoms with Gasteiger partial charge in [0, 0.05) is 18.8 Å². The number of likely N-dealkylation sites (tertiary alicyclic amines) is 1. The Bertz CT molecular complexity index is 1080. The van der Waals surface area contributed by atoms with E-state index in [2.05, 4.69) is 58.0 Å². The third-order valence-corrected chi connectivity index (χ3v) is 5.83. The van der Waals surface area contributed by atoms with Crippen LogP contribution in [0.2, 0.25) is 0 Å². The van der Waals surface area contributed by atoms with Gasteiger partial charge in [-0.2, -0.15) is 5.26 Å². The highest BCUT2D eigenvalue weighted by atomic mass is 16.1. The fourth-order valence-corrected chi connectivity index (χ4v) is 4.05. The lowest BCUT2D eigenvalue weighted by Gasteiger charge is -2.15. The Kier molecular flexibility index (Phi) is 7.16. The Morgan fingerprint density at radius 1 is 0.938 bits per heavy atom. The van der Waals surface area contributed by atoms with E-state index in [1.54, 1.807) is 24.3 Å². The van der Waals surface area contributed by atoms with E-state index in [1.165, 1.54) is 31.5 Å². The molecule has 1 aliphatic heterocycles. The largest absolute Gasteiger partial charge is 0.376 e. The number of nitriles is 1. The number of rotatable bonds is 8. The first-order valence-corrected chi connectivity index (χ1v) is 11.1. The number of anilines is 1. The van der Waals surface area contributed by atoms with Crippen LogP contribution in [0.4, 0.5) is 5.69 Å². The molecule has 0 atom stereocenters. The highest BCUT2D eigenvalue weighted by Crippen LogP contribution is 2.25. The summed E-state index contributed by atoms with van der Waals surface area (Å²) in [6.45, 7) is 4.07. The molecule has 0 aliphatic carbocycles. The molecule has 0 aromatic heterocycles. The second-order valence-corrected chi connectivity index (χ2v) is 8.16. The van der Waals surface area contributed by atoms with E-state index in [9.17, 15) is 4.79 Å². The predicted molar refractivity (Wildman–Crippen MR) is 128 cm³/mol. The van der Waals surface area contributed by atoms with Crippen molar-refractivity contribution in [1.29, 1.82) is 5.26 Å². The Hall–Kier alpha value is -3.62. The zero-order valence-corrected chi connectivity index (χ0v) is 18.2. The molecule has 3 aromatic carbocycles. The van der Waals surface area contributed by atoms with Crippen molar-refractivity contribution in [3.63, 3.8) is 0 Å². The van der Waals surface area contributed by atoms with Crippen molar-refractivity contribution < 1.29 is 4.79 Å². The van der Waals surface area contributed by atoms with E-state index in [4.69, 9.17) is 5.26 Å². The topological polar surface area (TPSA) is 68.2 Å². The summed E-state index contributed by atoms with van der Waals surface area (Å²) in [4.78, 5) is 14.8. The number of amides is 1. The first kappa shape index (κ1) is 21.6. The smallest absolute Gasteiger partial charge is 0.239 e. The van der Waals surface area contributed by atoms with Crippen LogP contribution in [0.25, 0.3) is 11.1 Å². The van der Waals surface area contributed by atoms with Crippen molar-refractivity contribution in [2.75, 3.05) is 25.0 Å². The highest BCUT2D eigenvalue weighted by molar-refractivity contribution is 5.81. The van der Waals surface area contributed by atoms with E-state index in [1.807, 2.05) is 12.1 Å². The number of nitrogens with zero attached hydrogens (tertiary/aromatic N) is 2. The molecule has 32 heavy (non-hydrogen) atoms. The normalized spacial score (nSPS) is 13.5. The minimum absolute atomic E-state index is 0.0786. The molecular formula is C27H28N4O. The van der Waals surface area contributed by atoms with Gasteiger partial charge in [0.1, 0.15) is 0 Å². The van der Waals surface area contributed by atoms with Crippen LogP contribution in [0, 0.1) is 11.3 Å². The molecule has 0 bridgehead atoms. The molecule has 0 saturated carbocycles. The molecule has 162 valence electrons. The van der Waals surface area contributed by atoms with Gasteiger partial charge in [0.05, 0.1) is 18.2 Å². The van der Waals surface area contributed by atoms with Gasteiger partial charge in [-0.15, -0.1) is 0 Å². The molecule has 1 saturated heterocycles. The van der Waals surface area contributed by atoms with Crippen LogP contribution < -0.4 is 10.6 Å². The summed E-state index contributed by atoms with van der Waals surface area (Å²) in [5.41, 5.74) is 6.15. The van der Waals surface area contributed by atoms with E-state index >= 15 is 0 Å². The predicted octanol–water partition coefficient (Wildman–Crippen LogP) is 4.55. The average Bonchev–Trinajstić information content (AvgIpc) is 3.35. The molecule has 1 amide bonds. The minimum atomic E-state index is -0.0786. The van der Waals surface area contributed by atoms with Crippen molar-refractivity contribution in [3.05, 3.63) is 89.5 Å². The van der Waals surface area contributed by atoms with E-state index in [0.717, 1.165) is 28.9 Å². The van der Waals surface area contributed by atoms with E-state index in [-0.39, 0.29) is 12.5 Å². The van der Waals surface area contributed by atoms with Crippen LogP contribution in [-0.2, 0) is 17.9 Å². The zero-order valence-electron chi connectivity index (χ0n) is 18.2. The third kappa shape index (κ3) is 5.75. The number of hydrogen-bond acceptors (Lipinski definition) is 4. The lowest BCUT2D eigenvalue weighted by atomic mass is 9.98. The molecule has 1 heterocycles. The Morgan fingerprint density at radius 3 is 2.38 bits per heavy atom. The van der Waals surface area contributed by atoms with Crippen LogP contribution in [0.5, 0.6) is 0 Å². The molecule has 1 fully saturated rings. The van der Waals surface area contributed by atoms with Crippen LogP contribution in [0.3, 0.4) is 0 Å². The lowest BCUT2D eigenvalue weighted by molar-refractivity contribution is -0.119. The molecule has 4 rings (SSSR count). The molecule has 5 nitrogen and oxygen atoms in total. The summed E-state index contributed by atoms with van der Waals surface area (Å²) in [5, 5.41) is 15.0. The molecule has 5 heteroatoms. The summed E-state index contributed by atoms with van der Waals surface area (Å²) in [6, 6.07) is 26.1. The molecule has 0 radical (unpaired) electrons. The van der Waals surface area contributed by atoms with Crippen molar-refractivity contribution in [2.24, 2.45) is 0 Å². The van der Waals surface area contributed by atoms with Gasteiger partial charge in [-0.05, 0) is 72.5 Å². The van der Waals surface area contributed by atoms with E-state index < -0.39 is 0 Å². The van der Waals surface area contributed by atoms with Crippen molar-refractivity contribution in [2.45, 2.75) is 25.9 Å². The number of carbonyl (C=O) groups is 1. The van der Waals surface area contributed by atoms with Gasteiger partial charge in [0.2, 0.25) is 5.91 Å². The van der Waals surface area contributed by atoms with Crippen molar-refractivity contribution in [3.8, 4) is 17.2 Å². The van der Waals surface area contributed by atoms with Crippen LogP contribution >= 0.6 is 0 Å². The summed E-state index contributed by atoms with van der Waals surface area (Å²) >= 11 is 0. The molecule has 0 spiro atoms. The van der Waals surface area contributed by atoms with Crippen molar-refractivity contribution in [1.82, 2.24) is 10.2 Å². The van der Waals surface area contributed by atoms with Gasteiger partial charge in [-0.25, -0.2) is 0 Å². The number of benzene rings is 3. The SMILES string of the molecule is N#Cc1ccc(NCC(=O)NCc2ccccc2-c2ccc(CN3CCCC3)cc2)cc1. The summed E-state index contributed by atoms with van der Waals surface area (Å²) < 4.78 is 0. The van der Waals surface area contributed by atoms with Gasteiger partial charge < -0.3 is 10.6 Å². The third-order valence-electron chi connectivity index (χ3n) is 5.83. The Balaban J connectivity index is 1.33. The van der Waals surface area contributed by atoms with Gasteiger partial charge in [0.15, 0.2) is 0 Å². The van der Waals surface area contributed by atoms with Crippen LogP contribution in [0.1, 0.15) is 29.5 Å². The standard InChI is InChI=1S/C27H28N4O/c28-17-21-9-13-25(14-10-21)29-19-27(32)30-18-24-5-1-2-6-26(24)23-11-7-22(8-12-23)20-31-15-3-4-16-31/h1-2,5-14,29H,3-4,15-16,18-20H2,(H,30,32). The summed E-state index contributed by atoms with van der Waals surface area (Å²) in [7, 11) is 0. The molecule has 0 unspecified atom stereocenters. The van der Waals surface area contributed by atoms with Gasteiger partial charge >= 0.3 is 0 Å². The second kappa shape index (κ2) is 10.6. The Morgan fingerprint density at radius 2 is 1.66 bits per heavy atom. The minimum Gasteiger partial charge on any atom is -0.376 e. The fourth-order valence-electron chi connectivity index (χ4n) is 4.05. The maximum atomic E-state index is 12.3. The molecule has 2 N–H and O–H groups in total. The maximum absolute atomic E-state index is 12.3. The number of hydrogen-bond donors (Lipinski definition) is 2. The number of carbonyl (C=O) groups excluding carboxylic acids is 1.